The number of benzene rings is 1. The first-order valence-corrected chi connectivity index (χ1v) is 7.99. The van der Waals surface area contributed by atoms with Crippen LogP contribution < -0.4 is 11.1 Å². The van der Waals surface area contributed by atoms with E-state index in [2.05, 4.69) is 32.6 Å². The Morgan fingerprint density at radius 1 is 1.21 bits per heavy atom. The average Bonchev–Trinajstić information content (AvgIpc) is 3.23. The molecule has 0 bridgehead atoms. The van der Waals surface area contributed by atoms with Gasteiger partial charge in [-0.15, -0.1) is 15.3 Å². The molecule has 24 heavy (non-hydrogen) atoms. The summed E-state index contributed by atoms with van der Waals surface area (Å²) in [6.07, 6.45) is 3.38. The second-order valence-electron chi connectivity index (χ2n) is 5.54. The van der Waals surface area contributed by atoms with Gasteiger partial charge < -0.3 is 20.0 Å². The molecule has 1 atom stereocenters. The van der Waals surface area contributed by atoms with Gasteiger partial charge in [-0.25, -0.2) is 0 Å². The molecule has 0 aliphatic rings. The zero-order valence-electron chi connectivity index (χ0n) is 13.6. The first kappa shape index (κ1) is 16.1. The molecule has 0 amide bonds. The van der Waals surface area contributed by atoms with Crippen LogP contribution in [-0.2, 0) is 19.5 Å². The minimum absolute atomic E-state index is 0.333. The number of hydrogen-bond acceptors (Lipinski definition) is 7. The predicted molar refractivity (Wildman–Crippen MR) is 89.0 cm³/mol. The van der Waals surface area contributed by atoms with Crippen LogP contribution in [0.25, 0.3) is 0 Å². The summed E-state index contributed by atoms with van der Waals surface area (Å²) in [5.41, 5.74) is 7.27. The largest absolute Gasteiger partial charge is 0.406 e. The number of nitrogens with two attached hydrogens (primary N) is 1. The van der Waals surface area contributed by atoms with E-state index in [0.717, 1.165) is 24.4 Å². The predicted octanol–water partition coefficient (Wildman–Crippen LogP) is 1.93. The fourth-order valence-corrected chi connectivity index (χ4v) is 2.41. The SMILES string of the molecule is CCCn1cnnc1CNc1nnc([C@H](N)Cc2ccccc2)o1. The molecule has 1 aromatic carbocycles. The van der Waals surface area contributed by atoms with Crippen LogP contribution in [0.5, 0.6) is 0 Å². The number of aryl methyl sites for hydroxylation is 1. The van der Waals surface area contributed by atoms with E-state index < -0.39 is 0 Å². The van der Waals surface area contributed by atoms with E-state index in [1.807, 2.05) is 34.9 Å². The Bertz CT molecular complexity index is 753. The standard InChI is InChI=1S/C16H21N7O/c1-2-8-23-11-19-20-14(23)10-18-16-22-21-15(24-16)13(17)9-12-6-4-3-5-7-12/h3-7,11,13H,2,8-10,17H2,1H3,(H,18,22)/t13-/m1/s1. The molecule has 0 spiro atoms. The highest BCUT2D eigenvalue weighted by molar-refractivity contribution is 5.20. The Morgan fingerprint density at radius 3 is 2.83 bits per heavy atom. The number of aromatic nitrogens is 5. The van der Waals surface area contributed by atoms with E-state index in [1.165, 1.54) is 0 Å². The second kappa shape index (κ2) is 7.69. The summed E-state index contributed by atoms with van der Waals surface area (Å²) in [7, 11) is 0. The summed E-state index contributed by atoms with van der Waals surface area (Å²) < 4.78 is 7.59. The van der Waals surface area contributed by atoms with Gasteiger partial charge in [-0.3, -0.25) is 0 Å². The fourth-order valence-electron chi connectivity index (χ4n) is 2.41. The van der Waals surface area contributed by atoms with E-state index >= 15 is 0 Å². The maximum Gasteiger partial charge on any atom is 0.315 e. The lowest BCUT2D eigenvalue weighted by Crippen LogP contribution is -2.13. The summed E-state index contributed by atoms with van der Waals surface area (Å²) in [5.74, 6) is 1.24. The van der Waals surface area contributed by atoms with Crippen molar-refractivity contribution in [2.24, 2.45) is 5.73 Å². The van der Waals surface area contributed by atoms with Gasteiger partial charge in [0.15, 0.2) is 5.82 Å². The normalized spacial score (nSPS) is 12.2. The van der Waals surface area contributed by atoms with Crippen molar-refractivity contribution < 1.29 is 4.42 Å². The number of rotatable bonds is 8. The Hall–Kier alpha value is -2.74. The van der Waals surface area contributed by atoms with Crippen molar-refractivity contribution in [1.82, 2.24) is 25.0 Å². The molecule has 2 aromatic heterocycles. The van der Waals surface area contributed by atoms with Crippen molar-refractivity contribution in [3.8, 4) is 0 Å². The van der Waals surface area contributed by atoms with Gasteiger partial charge in [0, 0.05) is 6.54 Å². The third-order valence-electron chi connectivity index (χ3n) is 3.61. The van der Waals surface area contributed by atoms with Crippen LogP contribution in [0, 0.1) is 0 Å². The van der Waals surface area contributed by atoms with Gasteiger partial charge in [-0.05, 0) is 18.4 Å². The molecular weight excluding hydrogens is 306 g/mol. The van der Waals surface area contributed by atoms with Crippen molar-refractivity contribution in [2.45, 2.75) is 38.9 Å². The summed E-state index contributed by atoms with van der Waals surface area (Å²) in [6, 6.07) is 9.98. The summed E-state index contributed by atoms with van der Waals surface area (Å²) in [6.45, 7) is 3.45. The minimum Gasteiger partial charge on any atom is -0.406 e. The Morgan fingerprint density at radius 2 is 2.04 bits per heavy atom. The maximum atomic E-state index is 6.14. The molecule has 3 rings (SSSR count). The molecule has 0 aliphatic carbocycles. The van der Waals surface area contributed by atoms with Crippen molar-refractivity contribution >= 4 is 6.01 Å². The van der Waals surface area contributed by atoms with E-state index in [0.29, 0.717) is 24.9 Å². The van der Waals surface area contributed by atoms with Crippen LogP contribution >= 0.6 is 0 Å². The highest BCUT2D eigenvalue weighted by Crippen LogP contribution is 2.17. The molecule has 0 unspecified atom stereocenters. The number of anilines is 1. The van der Waals surface area contributed by atoms with Gasteiger partial charge in [-0.2, -0.15) is 0 Å². The smallest absolute Gasteiger partial charge is 0.315 e. The lowest BCUT2D eigenvalue weighted by atomic mass is 10.1. The molecule has 0 aliphatic heterocycles. The molecule has 3 N–H and O–H groups in total. The first-order chi connectivity index (χ1) is 11.8. The Balaban J connectivity index is 1.58. The summed E-state index contributed by atoms with van der Waals surface area (Å²) in [4.78, 5) is 0. The monoisotopic (exact) mass is 327 g/mol. The topological polar surface area (TPSA) is 108 Å². The molecule has 0 fully saturated rings. The van der Waals surface area contributed by atoms with Crippen LogP contribution in [0.4, 0.5) is 6.01 Å². The molecule has 0 radical (unpaired) electrons. The van der Waals surface area contributed by atoms with Gasteiger partial charge in [-0.1, -0.05) is 42.4 Å². The fraction of sp³-hybridized carbons (Fsp3) is 0.375. The van der Waals surface area contributed by atoms with Crippen LogP contribution in [0.3, 0.4) is 0 Å². The van der Waals surface area contributed by atoms with Crippen LogP contribution in [0.2, 0.25) is 0 Å². The second-order valence-corrected chi connectivity index (χ2v) is 5.54. The minimum atomic E-state index is -0.334. The molecule has 126 valence electrons. The van der Waals surface area contributed by atoms with E-state index in [9.17, 15) is 0 Å². The highest BCUT2D eigenvalue weighted by atomic mass is 16.4. The van der Waals surface area contributed by atoms with Gasteiger partial charge in [0.1, 0.15) is 6.33 Å². The summed E-state index contributed by atoms with van der Waals surface area (Å²) in [5, 5.41) is 19.1. The molecule has 3 aromatic rings. The van der Waals surface area contributed by atoms with Gasteiger partial charge in [0.05, 0.1) is 12.6 Å². The van der Waals surface area contributed by atoms with Crippen molar-refractivity contribution in [1.29, 1.82) is 0 Å². The van der Waals surface area contributed by atoms with Crippen LogP contribution in [0.1, 0.15) is 36.7 Å². The van der Waals surface area contributed by atoms with Crippen molar-refractivity contribution in [3.05, 3.63) is 53.9 Å². The summed E-state index contributed by atoms with van der Waals surface area (Å²) >= 11 is 0. The van der Waals surface area contributed by atoms with Crippen LogP contribution in [0.15, 0.2) is 41.1 Å². The van der Waals surface area contributed by atoms with Crippen molar-refractivity contribution in [3.63, 3.8) is 0 Å². The third-order valence-corrected chi connectivity index (χ3v) is 3.61. The average molecular weight is 327 g/mol. The zero-order valence-corrected chi connectivity index (χ0v) is 13.6. The lowest BCUT2D eigenvalue weighted by molar-refractivity contribution is 0.456. The Labute approximate surface area is 140 Å². The van der Waals surface area contributed by atoms with Crippen LogP contribution in [-0.4, -0.2) is 25.0 Å². The Kier molecular flexibility index (Phi) is 5.17. The van der Waals surface area contributed by atoms with Crippen molar-refractivity contribution in [2.75, 3.05) is 5.32 Å². The first-order valence-electron chi connectivity index (χ1n) is 7.99. The molecule has 0 saturated heterocycles. The van der Waals surface area contributed by atoms with Gasteiger partial charge >= 0.3 is 6.01 Å². The molecule has 2 heterocycles. The highest BCUT2D eigenvalue weighted by Gasteiger charge is 2.15. The lowest BCUT2D eigenvalue weighted by Gasteiger charge is -2.07. The molecular formula is C16H21N7O. The quantitative estimate of drug-likeness (QED) is 0.650. The third kappa shape index (κ3) is 3.96. The zero-order chi connectivity index (χ0) is 16.8. The maximum absolute atomic E-state index is 6.14. The molecule has 8 nitrogen and oxygen atoms in total. The number of nitrogens with zero attached hydrogens (tertiary/aromatic N) is 5. The van der Waals surface area contributed by atoms with Gasteiger partial charge in [0.2, 0.25) is 5.89 Å². The number of nitrogens with one attached hydrogen (secondary N) is 1. The molecule has 0 saturated carbocycles. The van der Waals surface area contributed by atoms with E-state index in [1.54, 1.807) is 6.33 Å². The van der Waals surface area contributed by atoms with Gasteiger partial charge in [0.25, 0.3) is 0 Å². The number of hydrogen-bond donors (Lipinski definition) is 2. The van der Waals surface area contributed by atoms with E-state index in [4.69, 9.17) is 10.2 Å². The molecule has 8 heteroatoms. The van der Waals surface area contributed by atoms with E-state index in [-0.39, 0.29) is 6.04 Å².